The minimum atomic E-state index is 0.0611. The number of likely N-dealkylation sites (tertiary alicyclic amines) is 1. The van der Waals surface area contributed by atoms with Crippen molar-refractivity contribution in [2.24, 2.45) is 5.73 Å². The molecule has 0 aromatic carbocycles. The molecule has 0 saturated carbocycles. The van der Waals surface area contributed by atoms with E-state index in [4.69, 9.17) is 5.73 Å². The minimum Gasteiger partial charge on any atom is -0.341 e. The minimum absolute atomic E-state index is 0.0611. The summed E-state index contributed by atoms with van der Waals surface area (Å²) in [5.41, 5.74) is 5.73. The number of rotatable bonds is 6. The lowest BCUT2D eigenvalue weighted by Crippen LogP contribution is -2.32. The number of nitrogens with two attached hydrogens (primary N) is 1. The van der Waals surface area contributed by atoms with Crippen LogP contribution in [0.4, 0.5) is 0 Å². The molecule has 1 saturated heterocycles. The van der Waals surface area contributed by atoms with Crippen molar-refractivity contribution in [3.05, 3.63) is 0 Å². The number of carbonyl (C=O) groups excluding carboxylic acids is 1. The van der Waals surface area contributed by atoms with Crippen molar-refractivity contribution in [2.75, 3.05) is 32.7 Å². The second kappa shape index (κ2) is 6.08. The largest absolute Gasteiger partial charge is 0.341 e. The van der Waals surface area contributed by atoms with E-state index in [1.165, 1.54) is 0 Å². The van der Waals surface area contributed by atoms with Crippen molar-refractivity contribution >= 4 is 5.91 Å². The molecular formula is C11H23N3O. The Balaban J connectivity index is 2.17. The summed E-state index contributed by atoms with van der Waals surface area (Å²) in [4.78, 5) is 15.7. The van der Waals surface area contributed by atoms with Crippen LogP contribution < -0.4 is 5.73 Å². The lowest BCUT2D eigenvalue weighted by Gasteiger charge is -2.21. The highest BCUT2D eigenvalue weighted by Gasteiger charge is 2.25. The van der Waals surface area contributed by atoms with Crippen molar-refractivity contribution in [1.82, 2.24) is 9.80 Å². The normalized spacial score (nSPS) is 21.7. The molecule has 0 aliphatic carbocycles. The first kappa shape index (κ1) is 12.5. The van der Waals surface area contributed by atoms with E-state index in [0.29, 0.717) is 6.42 Å². The van der Waals surface area contributed by atoms with E-state index in [9.17, 15) is 4.79 Å². The van der Waals surface area contributed by atoms with Crippen LogP contribution in [0.1, 0.15) is 26.7 Å². The van der Waals surface area contributed by atoms with E-state index < -0.39 is 0 Å². The van der Waals surface area contributed by atoms with Crippen molar-refractivity contribution in [3.63, 3.8) is 0 Å². The van der Waals surface area contributed by atoms with E-state index in [2.05, 4.69) is 18.7 Å². The summed E-state index contributed by atoms with van der Waals surface area (Å²) in [7, 11) is 0. The molecule has 2 N–H and O–H groups in total. The maximum absolute atomic E-state index is 11.4. The monoisotopic (exact) mass is 213 g/mol. The molecule has 88 valence electrons. The fraction of sp³-hybridized carbons (Fsp3) is 0.909. The van der Waals surface area contributed by atoms with Gasteiger partial charge in [0.1, 0.15) is 0 Å². The average molecular weight is 213 g/mol. The van der Waals surface area contributed by atoms with Gasteiger partial charge in [-0.05, 0) is 26.1 Å². The SMILES string of the molecule is CCN(CC)CCCN1CC(N)CC1=O. The second-order valence-electron chi connectivity index (χ2n) is 4.18. The van der Waals surface area contributed by atoms with Crippen LogP contribution in [-0.2, 0) is 4.79 Å². The molecule has 1 fully saturated rings. The molecule has 4 nitrogen and oxygen atoms in total. The summed E-state index contributed by atoms with van der Waals surface area (Å²) in [6.45, 7) is 9.20. The lowest BCUT2D eigenvalue weighted by atomic mass is 10.3. The van der Waals surface area contributed by atoms with Crippen molar-refractivity contribution in [2.45, 2.75) is 32.7 Å². The molecule has 15 heavy (non-hydrogen) atoms. The molecule has 1 rings (SSSR count). The quantitative estimate of drug-likeness (QED) is 0.689. The number of nitrogens with zero attached hydrogens (tertiary/aromatic N) is 2. The van der Waals surface area contributed by atoms with Gasteiger partial charge in [0.15, 0.2) is 0 Å². The topological polar surface area (TPSA) is 49.6 Å². The van der Waals surface area contributed by atoms with Crippen molar-refractivity contribution in [3.8, 4) is 0 Å². The van der Waals surface area contributed by atoms with Crippen LogP contribution in [-0.4, -0.2) is 54.5 Å². The van der Waals surface area contributed by atoms with Gasteiger partial charge in [0.25, 0.3) is 0 Å². The number of hydrogen-bond donors (Lipinski definition) is 1. The fourth-order valence-corrected chi connectivity index (χ4v) is 2.04. The zero-order valence-corrected chi connectivity index (χ0v) is 9.91. The van der Waals surface area contributed by atoms with E-state index in [1.807, 2.05) is 4.90 Å². The van der Waals surface area contributed by atoms with Crippen LogP contribution in [0.15, 0.2) is 0 Å². The van der Waals surface area contributed by atoms with Crippen LogP contribution in [0.3, 0.4) is 0 Å². The van der Waals surface area contributed by atoms with Crippen LogP contribution >= 0.6 is 0 Å². The first-order valence-electron chi connectivity index (χ1n) is 5.93. The molecule has 1 aliphatic heterocycles. The summed E-state index contributed by atoms with van der Waals surface area (Å²) in [5.74, 6) is 0.224. The van der Waals surface area contributed by atoms with Gasteiger partial charge in [-0.2, -0.15) is 0 Å². The highest BCUT2D eigenvalue weighted by atomic mass is 16.2. The summed E-state index contributed by atoms with van der Waals surface area (Å²) in [5, 5.41) is 0. The van der Waals surface area contributed by atoms with E-state index in [1.54, 1.807) is 0 Å². The average Bonchev–Trinajstić information content (AvgIpc) is 2.52. The third kappa shape index (κ3) is 3.80. The molecule has 1 aliphatic rings. The van der Waals surface area contributed by atoms with Crippen LogP contribution in [0.5, 0.6) is 0 Å². The lowest BCUT2D eigenvalue weighted by molar-refractivity contribution is -0.127. The molecule has 0 aromatic heterocycles. The first-order chi connectivity index (χ1) is 7.17. The Morgan fingerprint density at radius 3 is 2.60 bits per heavy atom. The van der Waals surface area contributed by atoms with Crippen LogP contribution in [0, 0.1) is 0 Å². The number of amides is 1. The maximum Gasteiger partial charge on any atom is 0.224 e. The van der Waals surface area contributed by atoms with Gasteiger partial charge in [-0.1, -0.05) is 13.8 Å². The Morgan fingerprint density at radius 1 is 1.47 bits per heavy atom. The Morgan fingerprint density at radius 2 is 2.13 bits per heavy atom. The van der Waals surface area contributed by atoms with E-state index in [0.717, 1.165) is 39.1 Å². The third-order valence-corrected chi connectivity index (χ3v) is 3.04. The van der Waals surface area contributed by atoms with Gasteiger partial charge < -0.3 is 15.5 Å². The van der Waals surface area contributed by atoms with E-state index in [-0.39, 0.29) is 11.9 Å². The second-order valence-corrected chi connectivity index (χ2v) is 4.18. The molecule has 1 atom stereocenters. The van der Waals surface area contributed by atoms with Gasteiger partial charge in [0.2, 0.25) is 5.91 Å². The Hall–Kier alpha value is -0.610. The van der Waals surface area contributed by atoms with Gasteiger partial charge in [0, 0.05) is 25.6 Å². The maximum atomic E-state index is 11.4. The van der Waals surface area contributed by atoms with Crippen molar-refractivity contribution < 1.29 is 4.79 Å². The molecule has 1 unspecified atom stereocenters. The van der Waals surface area contributed by atoms with Crippen LogP contribution in [0.2, 0.25) is 0 Å². The van der Waals surface area contributed by atoms with Gasteiger partial charge in [0.05, 0.1) is 0 Å². The molecule has 0 spiro atoms. The summed E-state index contributed by atoms with van der Waals surface area (Å²) in [6.07, 6.45) is 1.59. The van der Waals surface area contributed by atoms with Crippen LogP contribution in [0.25, 0.3) is 0 Å². The smallest absolute Gasteiger partial charge is 0.224 e. The molecular weight excluding hydrogens is 190 g/mol. The first-order valence-corrected chi connectivity index (χ1v) is 5.93. The van der Waals surface area contributed by atoms with Gasteiger partial charge in [-0.15, -0.1) is 0 Å². The molecule has 4 heteroatoms. The van der Waals surface area contributed by atoms with Crippen molar-refractivity contribution in [1.29, 1.82) is 0 Å². The fourth-order valence-electron chi connectivity index (χ4n) is 2.04. The summed E-state index contributed by atoms with van der Waals surface area (Å²) in [6, 6.07) is 0.0611. The van der Waals surface area contributed by atoms with Gasteiger partial charge in [-0.25, -0.2) is 0 Å². The predicted octanol–water partition coefficient (Wildman–Crippen LogP) is 0.278. The standard InChI is InChI=1S/C11H23N3O/c1-3-13(4-2)6-5-7-14-9-10(12)8-11(14)15/h10H,3-9,12H2,1-2H3. The highest BCUT2D eigenvalue weighted by Crippen LogP contribution is 2.09. The summed E-state index contributed by atoms with van der Waals surface area (Å²) < 4.78 is 0. The number of hydrogen-bond acceptors (Lipinski definition) is 3. The Labute approximate surface area is 92.4 Å². The zero-order chi connectivity index (χ0) is 11.3. The summed E-state index contributed by atoms with van der Waals surface area (Å²) >= 11 is 0. The molecule has 1 heterocycles. The van der Waals surface area contributed by atoms with Gasteiger partial charge >= 0.3 is 0 Å². The van der Waals surface area contributed by atoms with Gasteiger partial charge in [-0.3, -0.25) is 4.79 Å². The third-order valence-electron chi connectivity index (χ3n) is 3.04. The molecule has 0 aromatic rings. The molecule has 0 radical (unpaired) electrons. The number of carbonyl (C=O) groups is 1. The Bertz CT molecular complexity index is 204. The van der Waals surface area contributed by atoms with E-state index >= 15 is 0 Å². The molecule has 1 amide bonds. The zero-order valence-electron chi connectivity index (χ0n) is 9.91. The molecule has 0 bridgehead atoms. The highest BCUT2D eigenvalue weighted by molar-refractivity contribution is 5.79. The Kier molecular flexibility index (Phi) is 5.05. The predicted molar refractivity (Wildman–Crippen MR) is 61.6 cm³/mol.